The van der Waals surface area contributed by atoms with Crippen LogP contribution < -0.4 is 0 Å². The summed E-state index contributed by atoms with van der Waals surface area (Å²) in [7, 11) is 0. The van der Waals surface area contributed by atoms with E-state index in [9.17, 15) is 8.78 Å². The lowest BCUT2D eigenvalue weighted by atomic mass is 10.1. The molecule has 186 valence electrons. The zero-order valence-electron chi connectivity index (χ0n) is 19.7. The van der Waals surface area contributed by atoms with E-state index in [0.29, 0.717) is 78.9 Å². The number of nitriles is 2. The maximum atomic E-state index is 13.7. The highest BCUT2D eigenvalue weighted by atomic mass is 19.1. The lowest BCUT2D eigenvalue weighted by Crippen LogP contribution is -2.33. The van der Waals surface area contributed by atoms with Crippen LogP contribution in [0.3, 0.4) is 0 Å². The fourth-order valence-electron chi connectivity index (χ4n) is 3.77. The van der Waals surface area contributed by atoms with Crippen molar-refractivity contribution in [2.24, 2.45) is 0 Å². The number of benzene rings is 2. The van der Waals surface area contributed by atoms with Crippen molar-refractivity contribution in [2.45, 2.75) is 13.1 Å². The molecule has 9 heteroatoms. The highest BCUT2D eigenvalue weighted by molar-refractivity contribution is 5.35. The van der Waals surface area contributed by atoms with E-state index in [4.69, 9.17) is 24.7 Å². The van der Waals surface area contributed by atoms with Crippen molar-refractivity contribution in [1.29, 1.82) is 10.5 Å². The number of ether oxygens (including phenoxy) is 3. The van der Waals surface area contributed by atoms with Gasteiger partial charge in [0.05, 0.1) is 50.8 Å². The second-order valence-electron chi connectivity index (χ2n) is 8.24. The summed E-state index contributed by atoms with van der Waals surface area (Å²) < 4.78 is 44.6. The minimum absolute atomic E-state index is 0.0358. The molecule has 1 saturated heterocycles. The van der Waals surface area contributed by atoms with Gasteiger partial charge in [-0.2, -0.15) is 10.5 Å². The standard InChI is InChI=1S/C26H30F2N4O3/c27-25-3-1-21(15-23(25)17-29)19-31-5-9-33-10-6-32(8-12-35-14-13-34-11-7-31)20-22-2-4-26(28)24(16-22)18-30/h1-4,15-16H,5-14,19-20H2. The molecule has 0 unspecified atom stereocenters. The van der Waals surface area contributed by atoms with Crippen LogP contribution in [0, 0.1) is 34.3 Å². The molecule has 0 radical (unpaired) electrons. The molecule has 0 aromatic heterocycles. The fourth-order valence-corrected chi connectivity index (χ4v) is 3.77. The van der Waals surface area contributed by atoms with Crippen LogP contribution in [-0.2, 0) is 27.3 Å². The van der Waals surface area contributed by atoms with E-state index in [-0.39, 0.29) is 11.1 Å². The molecule has 1 fully saturated rings. The van der Waals surface area contributed by atoms with Gasteiger partial charge < -0.3 is 14.2 Å². The van der Waals surface area contributed by atoms with Crippen LogP contribution >= 0.6 is 0 Å². The molecular weight excluding hydrogens is 454 g/mol. The van der Waals surface area contributed by atoms with Crippen molar-refractivity contribution in [3.63, 3.8) is 0 Å². The van der Waals surface area contributed by atoms with E-state index in [1.54, 1.807) is 24.3 Å². The van der Waals surface area contributed by atoms with E-state index < -0.39 is 11.6 Å². The highest BCUT2D eigenvalue weighted by Gasteiger charge is 2.12. The Kier molecular flexibility index (Phi) is 11.0. The molecule has 0 amide bonds. The summed E-state index contributed by atoms with van der Waals surface area (Å²) in [4.78, 5) is 4.29. The molecule has 1 heterocycles. The lowest BCUT2D eigenvalue weighted by molar-refractivity contribution is 0.0311. The first-order valence-corrected chi connectivity index (χ1v) is 11.6. The Bertz CT molecular complexity index is 957. The Hall–Kier alpha value is -2.92. The zero-order chi connectivity index (χ0) is 24.9. The van der Waals surface area contributed by atoms with Crippen LogP contribution in [0.15, 0.2) is 36.4 Å². The van der Waals surface area contributed by atoms with Gasteiger partial charge in [-0.15, -0.1) is 0 Å². The Morgan fingerprint density at radius 1 is 0.629 bits per heavy atom. The topological polar surface area (TPSA) is 81.8 Å². The van der Waals surface area contributed by atoms with E-state index >= 15 is 0 Å². The van der Waals surface area contributed by atoms with Crippen LogP contribution in [0.2, 0.25) is 0 Å². The van der Waals surface area contributed by atoms with Gasteiger partial charge in [0.15, 0.2) is 0 Å². The van der Waals surface area contributed by atoms with Gasteiger partial charge in [-0.05, 0) is 35.4 Å². The first-order chi connectivity index (χ1) is 17.1. The lowest BCUT2D eigenvalue weighted by Gasteiger charge is -2.24. The average molecular weight is 485 g/mol. The minimum Gasteiger partial charge on any atom is -0.379 e. The van der Waals surface area contributed by atoms with Gasteiger partial charge in [0, 0.05) is 39.3 Å². The van der Waals surface area contributed by atoms with Gasteiger partial charge in [0.2, 0.25) is 0 Å². The van der Waals surface area contributed by atoms with Crippen molar-refractivity contribution >= 4 is 0 Å². The van der Waals surface area contributed by atoms with E-state index in [2.05, 4.69) is 9.80 Å². The highest BCUT2D eigenvalue weighted by Crippen LogP contribution is 2.13. The normalized spacial score (nSPS) is 17.6. The molecule has 0 saturated carbocycles. The monoisotopic (exact) mass is 484 g/mol. The van der Waals surface area contributed by atoms with Crippen molar-refractivity contribution in [3.05, 3.63) is 70.3 Å². The smallest absolute Gasteiger partial charge is 0.140 e. The molecule has 1 aliphatic heterocycles. The summed E-state index contributed by atoms with van der Waals surface area (Å²) in [6.07, 6.45) is 0. The first-order valence-electron chi connectivity index (χ1n) is 11.6. The quantitative estimate of drug-likeness (QED) is 0.660. The van der Waals surface area contributed by atoms with Gasteiger partial charge >= 0.3 is 0 Å². The summed E-state index contributed by atoms with van der Waals surface area (Å²) in [5, 5.41) is 18.2. The minimum atomic E-state index is -0.519. The SMILES string of the molecule is N#Cc1cc(CN2CCOCCOCCN(Cc3ccc(F)c(C#N)c3)CCOCC2)ccc1F. The Morgan fingerprint density at radius 3 is 1.37 bits per heavy atom. The van der Waals surface area contributed by atoms with E-state index in [1.807, 2.05) is 12.1 Å². The van der Waals surface area contributed by atoms with Gasteiger partial charge in [-0.25, -0.2) is 8.78 Å². The maximum absolute atomic E-state index is 13.7. The van der Waals surface area contributed by atoms with Crippen molar-refractivity contribution < 1.29 is 23.0 Å². The molecule has 2 aromatic rings. The predicted molar refractivity (Wildman–Crippen MR) is 125 cm³/mol. The third-order valence-electron chi connectivity index (χ3n) is 5.69. The van der Waals surface area contributed by atoms with Crippen molar-refractivity contribution in [1.82, 2.24) is 9.80 Å². The van der Waals surface area contributed by atoms with E-state index in [1.165, 1.54) is 12.1 Å². The third kappa shape index (κ3) is 8.99. The Labute approximate surface area is 205 Å². The molecule has 2 aromatic carbocycles. The van der Waals surface area contributed by atoms with Gasteiger partial charge in [-0.1, -0.05) is 12.1 Å². The summed E-state index contributed by atoms with van der Waals surface area (Å²) in [5.41, 5.74) is 1.78. The number of hydrogen-bond donors (Lipinski definition) is 0. The largest absolute Gasteiger partial charge is 0.379 e. The number of nitrogens with zero attached hydrogens (tertiary/aromatic N) is 4. The third-order valence-corrected chi connectivity index (χ3v) is 5.69. The van der Waals surface area contributed by atoms with Gasteiger partial charge in [-0.3, -0.25) is 9.80 Å². The molecule has 1 aliphatic rings. The number of hydrogen-bond acceptors (Lipinski definition) is 7. The summed E-state index contributed by atoms with van der Waals surface area (Å²) >= 11 is 0. The summed E-state index contributed by atoms with van der Waals surface area (Å²) in [5.74, 6) is -1.04. The molecule has 7 nitrogen and oxygen atoms in total. The molecule has 35 heavy (non-hydrogen) atoms. The van der Waals surface area contributed by atoms with Crippen LogP contribution in [-0.4, -0.2) is 75.6 Å². The molecule has 3 rings (SSSR count). The Morgan fingerprint density at radius 2 is 1.00 bits per heavy atom. The summed E-state index contributed by atoms with van der Waals surface area (Å²) in [6.45, 7) is 6.75. The predicted octanol–water partition coefficient (Wildman–Crippen LogP) is 3.08. The van der Waals surface area contributed by atoms with Crippen molar-refractivity contribution in [3.8, 4) is 12.1 Å². The van der Waals surface area contributed by atoms with Crippen molar-refractivity contribution in [2.75, 3.05) is 65.8 Å². The van der Waals surface area contributed by atoms with Crippen LogP contribution in [0.1, 0.15) is 22.3 Å². The molecule has 0 bridgehead atoms. The first kappa shape index (κ1) is 26.7. The molecule has 0 aliphatic carbocycles. The molecular formula is C26H30F2N4O3. The van der Waals surface area contributed by atoms with Gasteiger partial charge in [0.25, 0.3) is 0 Å². The number of halogens is 2. The zero-order valence-corrected chi connectivity index (χ0v) is 19.7. The van der Waals surface area contributed by atoms with E-state index in [0.717, 1.165) is 11.1 Å². The maximum Gasteiger partial charge on any atom is 0.140 e. The van der Waals surface area contributed by atoms with Crippen LogP contribution in [0.25, 0.3) is 0 Å². The van der Waals surface area contributed by atoms with Gasteiger partial charge in [0.1, 0.15) is 23.8 Å². The molecule has 0 N–H and O–H groups in total. The summed E-state index contributed by atoms with van der Waals surface area (Å²) in [6, 6.07) is 12.9. The average Bonchev–Trinajstić information content (AvgIpc) is 2.87. The number of rotatable bonds is 4. The van der Waals surface area contributed by atoms with Crippen LogP contribution in [0.4, 0.5) is 8.78 Å². The fraction of sp³-hybridized carbons (Fsp3) is 0.462. The van der Waals surface area contributed by atoms with Crippen LogP contribution in [0.5, 0.6) is 0 Å². The molecule has 0 atom stereocenters. The second-order valence-corrected chi connectivity index (χ2v) is 8.24. The Balaban J connectivity index is 1.57. The molecule has 0 spiro atoms. The second kappa shape index (κ2) is 14.5.